The molecule has 0 spiro atoms. The summed E-state index contributed by atoms with van der Waals surface area (Å²) < 4.78 is -0.221. The first-order valence-electron chi connectivity index (χ1n) is 11.3. The number of carbonyl (C=O) groups is 4. The summed E-state index contributed by atoms with van der Waals surface area (Å²) in [6.07, 6.45) is 1.47. The molecule has 6 nitrogen and oxygen atoms in total. The van der Waals surface area contributed by atoms with Crippen molar-refractivity contribution in [2.45, 2.75) is 126 Å². The minimum atomic E-state index is -0.690. The van der Waals surface area contributed by atoms with Gasteiger partial charge in [-0.2, -0.15) is 0 Å². The number of carbonyl (C=O) groups excluding carboxylic acids is 4. The standard InChI is InChI=1S/C24H40N2O4S2/c1-21(2,3)31-15-13-17(27)25(19(15)29)23(7,8)11-12-24(9,10)26-18(28)14-16(20(26)30)32-22(4,5)6/h15-16H,11-14H2,1-10H3. The van der Waals surface area contributed by atoms with Crippen molar-refractivity contribution in [3.05, 3.63) is 0 Å². The van der Waals surface area contributed by atoms with Crippen LogP contribution in [0.4, 0.5) is 0 Å². The monoisotopic (exact) mass is 484 g/mol. The molecular weight excluding hydrogens is 444 g/mol. The molecule has 0 aromatic heterocycles. The van der Waals surface area contributed by atoms with Crippen LogP contribution in [0.15, 0.2) is 0 Å². The van der Waals surface area contributed by atoms with E-state index in [1.807, 2.05) is 69.2 Å². The summed E-state index contributed by atoms with van der Waals surface area (Å²) >= 11 is 3.07. The van der Waals surface area contributed by atoms with Crippen LogP contribution in [0.2, 0.25) is 0 Å². The van der Waals surface area contributed by atoms with Crippen molar-refractivity contribution in [3.63, 3.8) is 0 Å². The molecule has 2 fully saturated rings. The van der Waals surface area contributed by atoms with Crippen molar-refractivity contribution < 1.29 is 19.2 Å². The molecule has 0 bridgehead atoms. The maximum atomic E-state index is 13.1. The highest BCUT2D eigenvalue weighted by molar-refractivity contribution is 8.02. The van der Waals surface area contributed by atoms with Crippen LogP contribution in [-0.2, 0) is 19.2 Å². The highest BCUT2D eigenvalue weighted by Crippen LogP contribution is 2.41. The Bertz CT molecular complexity index is 727. The van der Waals surface area contributed by atoms with Crippen LogP contribution in [0.5, 0.6) is 0 Å². The third kappa shape index (κ3) is 6.31. The number of hydrogen-bond acceptors (Lipinski definition) is 6. The molecule has 4 amide bonds. The van der Waals surface area contributed by atoms with Crippen LogP contribution in [-0.4, -0.2) is 64.5 Å². The third-order valence-corrected chi connectivity index (χ3v) is 8.48. The molecule has 0 radical (unpaired) electrons. The fourth-order valence-corrected chi connectivity index (χ4v) is 6.92. The van der Waals surface area contributed by atoms with Crippen LogP contribution >= 0.6 is 23.5 Å². The number of hydrogen-bond donors (Lipinski definition) is 0. The van der Waals surface area contributed by atoms with Crippen molar-refractivity contribution in [1.82, 2.24) is 9.80 Å². The van der Waals surface area contributed by atoms with Crippen LogP contribution in [0.1, 0.15) is 94.9 Å². The SMILES string of the molecule is CC(C)(C)SC1CC(=O)N(C(C)(C)CCC(C)(C)N2C(=O)CC(SC(C)(C)C)C2=O)C1=O. The lowest BCUT2D eigenvalue weighted by molar-refractivity contribution is -0.148. The zero-order chi connectivity index (χ0) is 24.9. The fraction of sp³-hybridized carbons (Fsp3) is 0.833. The minimum absolute atomic E-state index is 0.110. The molecule has 2 aliphatic rings. The quantitative estimate of drug-likeness (QED) is 0.490. The molecule has 0 aromatic rings. The average molecular weight is 485 g/mol. The molecule has 2 atom stereocenters. The second kappa shape index (κ2) is 8.97. The van der Waals surface area contributed by atoms with E-state index in [0.717, 1.165) is 0 Å². The van der Waals surface area contributed by atoms with Gasteiger partial charge in [0.1, 0.15) is 0 Å². The van der Waals surface area contributed by atoms with Gasteiger partial charge in [0.2, 0.25) is 23.6 Å². The van der Waals surface area contributed by atoms with Crippen LogP contribution in [0, 0.1) is 0 Å². The molecule has 2 unspecified atom stereocenters. The molecule has 2 saturated heterocycles. The van der Waals surface area contributed by atoms with E-state index in [4.69, 9.17) is 0 Å². The van der Waals surface area contributed by atoms with Gasteiger partial charge in [0.25, 0.3) is 0 Å². The van der Waals surface area contributed by atoms with Crippen molar-refractivity contribution >= 4 is 47.2 Å². The normalized spacial score (nSPS) is 23.7. The van der Waals surface area contributed by atoms with Gasteiger partial charge < -0.3 is 0 Å². The van der Waals surface area contributed by atoms with Crippen molar-refractivity contribution in [3.8, 4) is 0 Å². The van der Waals surface area contributed by atoms with E-state index in [9.17, 15) is 19.2 Å². The number of amides is 4. The Kier molecular flexibility index (Phi) is 7.63. The molecular formula is C24H40N2O4S2. The smallest absolute Gasteiger partial charge is 0.243 e. The minimum Gasteiger partial charge on any atom is -0.276 e. The Morgan fingerprint density at radius 1 is 0.625 bits per heavy atom. The Balaban J connectivity index is 2.11. The Morgan fingerprint density at radius 2 is 0.906 bits per heavy atom. The Morgan fingerprint density at radius 3 is 1.16 bits per heavy atom. The number of likely N-dealkylation sites (tertiary alicyclic amines) is 2. The number of imide groups is 2. The highest BCUT2D eigenvalue weighted by Gasteiger charge is 2.50. The van der Waals surface area contributed by atoms with Crippen LogP contribution in [0.3, 0.4) is 0 Å². The first-order valence-corrected chi connectivity index (χ1v) is 13.1. The first kappa shape index (κ1) is 27.2. The maximum absolute atomic E-state index is 13.1. The van der Waals surface area contributed by atoms with Gasteiger partial charge in [-0.05, 0) is 40.5 Å². The third-order valence-electron chi connectivity index (χ3n) is 5.76. The summed E-state index contributed by atoms with van der Waals surface area (Å²) in [4.78, 5) is 54.5. The lowest BCUT2D eigenvalue weighted by Gasteiger charge is -2.40. The van der Waals surface area contributed by atoms with E-state index >= 15 is 0 Å². The second-order valence-corrected chi connectivity index (χ2v) is 16.2. The Hall–Kier alpha value is -1.02. The molecule has 0 N–H and O–H groups in total. The number of nitrogens with zero attached hydrogens (tertiary/aromatic N) is 2. The van der Waals surface area contributed by atoms with Gasteiger partial charge in [0.15, 0.2) is 0 Å². The summed E-state index contributed by atoms with van der Waals surface area (Å²) in [7, 11) is 0. The number of rotatable bonds is 7. The van der Waals surface area contributed by atoms with E-state index in [2.05, 4.69) is 0 Å². The van der Waals surface area contributed by atoms with Gasteiger partial charge in [-0.25, -0.2) is 0 Å². The maximum Gasteiger partial charge on any atom is 0.243 e. The van der Waals surface area contributed by atoms with Crippen molar-refractivity contribution in [1.29, 1.82) is 0 Å². The van der Waals surface area contributed by atoms with Crippen LogP contribution < -0.4 is 0 Å². The predicted octanol–water partition coefficient (Wildman–Crippen LogP) is 4.64. The largest absolute Gasteiger partial charge is 0.276 e. The summed E-state index contributed by atoms with van der Waals surface area (Å²) in [5, 5.41) is -0.710. The van der Waals surface area contributed by atoms with Gasteiger partial charge in [-0.15, -0.1) is 23.5 Å². The van der Waals surface area contributed by atoms with Gasteiger partial charge in [-0.1, -0.05) is 41.5 Å². The molecule has 0 saturated carbocycles. The van der Waals surface area contributed by atoms with Gasteiger partial charge >= 0.3 is 0 Å². The molecule has 8 heteroatoms. The summed E-state index contributed by atoms with van der Waals surface area (Å²) in [5.41, 5.74) is -1.38. The molecule has 182 valence electrons. The van der Waals surface area contributed by atoms with Crippen molar-refractivity contribution in [2.24, 2.45) is 0 Å². The number of thioether (sulfide) groups is 2. The molecule has 0 aromatic carbocycles. The van der Waals surface area contributed by atoms with E-state index in [1.54, 1.807) is 0 Å². The van der Waals surface area contributed by atoms with Crippen LogP contribution in [0.25, 0.3) is 0 Å². The van der Waals surface area contributed by atoms with E-state index in [-0.39, 0.29) is 56.5 Å². The lowest BCUT2D eigenvalue weighted by Crippen LogP contribution is -2.52. The van der Waals surface area contributed by atoms with Gasteiger partial charge in [0, 0.05) is 33.4 Å². The summed E-state index contributed by atoms with van der Waals surface area (Å²) in [6, 6.07) is 0. The van der Waals surface area contributed by atoms with Crippen molar-refractivity contribution in [2.75, 3.05) is 0 Å². The lowest BCUT2D eigenvalue weighted by atomic mass is 9.87. The first-order chi connectivity index (χ1) is 14.3. The highest BCUT2D eigenvalue weighted by atomic mass is 32.2. The van der Waals surface area contributed by atoms with E-state index < -0.39 is 11.1 Å². The molecule has 2 heterocycles. The summed E-state index contributed by atoms with van der Waals surface area (Å²) in [5.74, 6) is -0.551. The fourth-order valence-electron chi connectivity index (χ4n) is 4.35. The molecule has 0 aliphatic carbocycles. The predicted molar refractivity (Wildman–Crippen MR) is 133 cm³/mol. The molecule has 2 aliphatic heterocycles. The van der Waals surface area contributed by atoms with E-state index in [1.165, 1.54) is 33.3 Å². The molecule has 2 rings (SSSR count). The average Bonchev–Trinajstić information content (AvgIpc) is 2.99. The molecule has 32 heavy (non-hydrogen) atoms. The zero-order valence-electron chi connectivity index (χ0n) is 21.3. The van der Waals surface area contributed by atoms with E-state index in [0.29, 0.717) is 12.8 Å². The topological polar surface area (TPSA) is 74.8 Å². The second-order valence-electron chi connectivity index (χ2n) is 12.1. The van der Waals surface area contributed by atoms with Gasteiger partial charge in [-0.3, -0.25) is 29.0 Å². The summed E-state index contributed by atoms with van der Waals surface area (Å²) in [6.45, 7) is 19.8. The Labute approximate surface area is 202 Å². The zero-order valence-corrected chi connectivity index (χ0v) is 23.0. The van der Waals surface area contributed by atoms with Gasteiger partial charge in [0.05, 0.1) is 10.5 Å².